The SMILES string of the molecule is CC[NH+]1C=CCC1.[Br-]. The molecule has 48 valence electrons. The molecule has 0 spiro atoms. The van der Waals surface area contributed by atoms with E-state index >= 15 is 0 Å². The van der Waals surface area contributed by atoms with Crippen molar-refractivity contribution in [1.82, 2.24) is 0 Å². The predicted molar refractivity (Wildman–Crippen MR) is 30.1 cm³/mol. The summed E-state index contributed by atoms with van der Waals surface area (Å²) in [5, 5.41) is 0. The van der Waals surface area contributed by atoms with Gasteiger partial charge in [0.25, 0.3) is 0 Å². The van der Waals surface area contributed by atoms with E-state index in [9.17, 15) is 0 Å². The maximum Gasteiger partial charge on any atom is 0.0903 e. The summed E-state index contributed by atoms with van der Waals surface area (Å²) in [5.74, 6) is 0. The summed E-state index contributed by atoms with van der Waals surface area (Å²) < 4.78 is 0. The summed E-state index contributed by atoms with van der Waals surface area (Å²) in [6.45, 7) is 4.78. The van der Waals surface area contributed by atoms with Gasteiger partial charge in [-0.15, -0.1) is 0 Å². The second-order valence-electron chi connectivity index (χ2n) is 1.95. The van der Waals surface area contributed by atoms with Crippen LogP contribution in [0.5, 0.6) is 0 Å². The van der Waals surface area contributed by atoms with E-state index in [1.807, 2.05) is 0 Å². The zero-order chi connectivity index (χ0) is 5.11. The van der Waals surface area contributed by atoms with Crippen molar-refractivity contribution < 1.29 is 21.9 Å². The standard InChI is InChI=1S/C6H11N.BrH/c1-2-7-5-3-4-6-7;/h3,5H,2,4,6H2,1H3;1H. The number of quaternary nitrogens is 1. The van der Waals surface area contributed by atoms with Crippen LogP contribution >= 0.6 is 0 Å². The lowest BCUT2D eigenvalue weighted by Crippen LogP contribution is -3.05. The molecule has 0 saturated heterocycles. The minimum absolute atomic E-state index is 0. The molecule has 0 radical (unpaired) electrons. The van der Waals surface area contributed by atoms with Crippen molar-refractivity contribution in [1.29, 1.82) is 0 Å². The topological polar surface area (TPSA) is 4.44 Å². The molecule has 1 aliphatic rings. The van der Waals surface area contributed by atoms with Crippen LogP contribution in [0.15, 0.2) is 12.3 Å². The first kappa shape index (κ1) is 8.18. The number of hydrogen-bond donors (Lipinski definition) is 1. The van der Waals surface area contributed by atoms with Crippen LogP contribution in [0, 0.1) is 0 Å². The summed E-state index contributed by atoms with van der Waals surface area (Å²) >= 11 is 0. The lowest BCUT2D eigenvalue weighted by Gasteiger charge is -2.02. The fourth-order valence-corrected chi connectivity index (χ4v) is 0.897. The van der Waals surface area contributed by atoms with Crippen molar-refractivity contribution in [3.8, 4) is 0 Å². The van der Waals surface area contributed by atoms with Crippen LogP contribution in [0.4, 0.5) is 0 Å². The molecule has 2 heteroatoms. The maximum atomic E-state index is 2.25. The van der Waals surface area contributed by atoms with Gasteiger partial charge in [-0.05, 0) is 13.0 Å². The average Bonchev–Trinajstić information content (AvgIpc) is 2.14. The first-order valence-corrected chi connectivity index (χ1v) is 2.94. The van der Waals surface area contributed by atoms with Gasteiger partial charge in [0.15, 0.2) is 0 Å². The maximum absolute atomic E-state index is 2.25. The molecular formula is C6H12BrN. The Morgan fingerprint density at radius 3 is 2.62 bits per heavy atom. The van der Waals surface area contributed by atoms with Gasteiger partial charge in [-0.25, -0.2) is 0 Å². The Balaban J connectivity index is 0.000000490. The van der Waals surface area contributed by atoms with Gasteiger partial charge in [-0.2, -0.15) is 0 Å². The third-order valence-electron chi connectivity index (χ3n) is 1.44. The zero-order valence-electron chi connectivity index (χ0n) is 5.15. The van der Waals surface area contributed by atoms with Crippen molar-refractivity contribution in [2.75, 3.05) is 13.1 Å². The summed E-state index contributed by atoms with van der Waals surface area (Å²) in [6, 6.07) is 0. The van der Waals surface area contributed by atoms with Crippen molar-refractivity contribution >= 4 is 0 Å². The van der Waals surface area contributed by atoms with Gasteiger partial charge in [0.1, 0.15) is 0 Å². The van der Waals surface area contributed by atoms with Gasteiger partial charge >= 0.3 is 0 Å². The Hall–Kier alpha value is 0.180. The second-order valence-corrected chi connectivity index (χ2v) is 1.95. The van der Waals surface area contributed by atoms with Crippen molar-refractivity contribution in [2.45, 2.75) is 13.3 Å². The summed E-state index contributed by atoms with van der Waals surface area (Å²) in [6.07, 6.45) is 5.78. The second kappa shape index (κ2) is 4.10. The lowest BCUT2D eigenvalue weighted by molar-refractivity contribution is -0.838. The molecule has 1 N–H and O–H groups in total. The minimum Gasteiger partial charge on any atom is -1.00 e. The smallest absolute Gasteiger partial charge is 0.0903 e. The van der Waals surface area contributed by atoms with Gasteiger partial charge in [-0.1, -0.05) is 0 Å². The normalized spacial score (nSPS) is 25.4. The van der Waals surface area contributed by atoms with Gasteiger partial charge in [0, 0.05) is 6.42 Å². The van der Waals surface area contributed by atoms with E-state index in [-0.39, 0.29) is 17.0 Å². The van der Waals surface area contributed by atoms with Crippen LogP contribution in [-0.2, 0) is 0 Å². The molecule has 1 rings (SSSR count). The van der Waals surface area contributed by atoms with E-state index in [2.05, 4.69) is 19.2 Å². The molecule has 0 aromatic heterocycles. The van der Waals surface area contributed by atoms with E-state index in [4.69, 9.17) is 0 Å². The van der Waals surface area contributed by atoms with Crippen LogP contribution in [0.3, 0.4) is 0 Å². The monoisotopic (exact) mass is 177 g/mol. The van der Waals surface area contributed by atoms with E-state index in [1.54, 1.807) is 4.90 Å². The Morgan fingerprint density at radius 2 is 2.38 bits per heavy atom. The molecule has 0 saturated carbocycles. The molecule has 0 aromatic carbocycles. The molecule has 1 aliphatic heterocycles. The quantitative estimate of drug-likeness (QED) is 0.431. The number of nitrogens with one attached hydrogen (secondary N) is 1. The van der Waals surface area contributed by atoms with E-state index < -0.39 is 0 Å². The first-order valence-electron chi connectivity index (χ1n) is 2.94. The molecule has 1 unspecified atom stereocenters. The molecule has 0 fully saturated rings. The summed E-state index contributed by atoms with van der Waals surface area (Å²) in [4.78, 5) is 1.61. The Labute approximate surface area is 61.1 Å². The van der Waals surface area contributed by atoms with Crippen LogP contribution in [-0.4, -0.2) is 13.1 Å². The molecule has 0 bridgehead atoms. The van der Waals surface area contributed by atoms with Gasteiger partial charge in [0.2, 0.25) is 0 Å². The molecule has 1 atom stereocenters. The third-order valence-corrected chi connectivity index (χ3v) is 1.44. The summed E-state index contributed by atoms with van der Waals surface area (Å²) in [7, 11) is 0. The fourth-order valence-electron chi connectivity index (χ4n) is 0.897. The van der Waals surface area contributed by atoms with E-state index in [1.165, 1.54) is 19.5 Å². The Bertz CT molecular complexity index is 80.6. The van der Waals surface area contributed by atoms with Crippen LogP contribution in [0.1, 0.15) is 13.3 Å². The zero-order valence-corrected chi connectivity index (χ0v) is 6.74. The molecule has 0 aliphatic carbocycles. The van der Waals surface area contributed by atoms with E-state index in [0.29, 0.717) is 0 Å². The third kappa shape index (κ3) is 1.97. The van der Waals surface area contributed by atoms with Crippen molar-refractivity contribution in [3.05, 3.63) is 12.3 Å². The largest absolute Gasteiger partial charge is 1.00 e. The fraction of sp³-hybridized carbons (Fsp3) is 0.667. The minimum atomic E-state index is 0. The molecule has 1 nitrogen and oxygen atoms in total. The van der Waals surface area contributed by atoms with Crippen LogP contribution in [0.25, 0.3) is 0 Å². The van der Waals surface area contributed by atoms with Crippen molar-refractivity contribution in [2.24, 2.45) is 0 Å². The highest BCUT2D eigenvalue weighted by Gasteiger charge is 2.03. The van der Waals surface area contributed by atoms with Crippen LogP contribution < -0.4 is 21.9 Å². The highest BCUT2D eigenvalue weighted by molar-refractivity contribution is 4.76. The molecule has 1 heterocycles. The van der Waals surface area contributed by atoms with Gasteiger partial charge < -0.3 is 21.9 Å². The van der Waals surface area contributed by atoms with Gasteiger partial charge in [-0.3, -0.25) is 0 Å². The first-order chi connectivity index (χ1) is 3.43. The molecule has 0 amide bonds. The van der Waals surface area contributed by atoms with E-state index in [0.717, 1.165) is 0 Å². The molecular weight excluding hydrogens is 166 g/mol. The highest BCUT2D eigenvalue weighted by Crippen LogP contribution is 1.79. The van der Waals surface area contributed by atoms with Gasteiger partial charge in [0.05, 0.1) is 19.3 Å². The lowest BCUT2D eigenvalue weighted by atomic mass is 10.5. The van der Waals surface area contributed by atoms with Crippen LogP contribution in [0.2, 0.25) is 0 Å². The predicted octanol–water partition coefficient (Wildman–Crippen LogP) is -3.19. The number of rotatable bonds is 1. The highest BCUT2D eigenvalue weighted by atomic mass is 79.9. The number of hydrogen-bond acceptors (Lipinski definition) is 0. The molecule has 8 heavy (non-hydrogen) atoms. The van der Waals surface area contributed by atoms with Crippen molar-refractivity contribution in [3.63, 3.8) is 0 Å². The Morgan fingerprint density at radius 1 is 1.62 bits per heavy atom. The number of halogens is 1. The summed E-state index contributed by atoms with van der Waals surface area (Å²) in [5.41, 5.74) is 0. The Kier molecular flexibility index (Phi) is 4.19. The average molecular weight is 178 g/mol. The molecule has 0 aromatic rings.